The predicted octanol–water partition coefficient (Wildman–Crippen LogP) is -1.09. The van der Waals surface area contributed by atoms with Crippen molar-refractivity contribution in [3.8, 4) is 0 Å². The van der Waals surface area contributed by atoms with Crippen molar-refractivity contribution < 1.29 is 13.2 Å². The van der Waals surface area contributed by atoms with E-state index in [2.05, 4.69) is 0 Å². The first kappa shape index (κ1) is 8.67. The average molecular weight is 177 g/mol. The van der Waals surface area contributed by atoms with Crippen LogP contribution < -0.4 is 0 Å². The summed E-state index contributed by atoms with van der Waals surface area (Å²) in [6.45, 7) is 0.320. The fraction of sp³-hybridized carbons (Fsp3) is 0.833. The summed E-state index contributed by atoms with van der Waals surface area (Å²) >= 11 is 0. The van der Waals surface area contributed by atoms with Crippen molar-refractivity contribution in [1.82, 2.24) is 4.90 Å². The van der Waals surface area contributed by atoms with Crippen LogP contribution in [0, 0.1) is 0 Å². The summed E-state index contributed by atoms with van der Waals surface area (Å²) in [5.74, 6) is 0.411. The maximum absolute atomic E-state index is 10.7. The van der Waals surface area contributed by atoms with E-state index < -0.39 is 9.84 Å². The molecule has 64 valence electrons. The van der Waals surface area contributed by atoms with Crippen LogP contribution >= 0.6 is 0 Å². The van der Waals surface area contributed by atoms with Gasteiger partial charge in [-0.05, 0) is 7.05 Å². The van der Waals surface area contributed by atoms with Gasteiger partial charge in [0.2, 0.25) is 0 Å². The van der Waals surface area contributed by atoms with Crippen LogP contribution in [0.2, 0.25) is 0 Å². The maximum atomic E-state index is 10.7. The van der Waals surface area contributed by atoms with Gasteiger partial charge in [0.05, 0.1) is 18.1 Å². The Balaban J connectivity index is 2.37. The Bertz CT molecular complexity index is 235. The Morgan fingerprint density at radius 1 is 1.55 bits per heavy atom. The third kappa shape index (κ3) is 2.00. The van der Waals surface area contributed by atoms with Gasteiger partial charge in [0.25, 0.3) is 0 Å². The SMILES string of the molecule is CN(CC=O)C1CS(=O)(=O)C1. The van der Waals surface area contributed by atoms with Gasteiger partial charge in [0, 0.05) is 6.04 Å². The number of carbonyl (C=O) groups is 1. The third-order valence-electron chi connectivity index (χ3n) is 1.88. The van der Waals surface area contributed by atoms with Crippen LogP contribution in [0.25, 0.3) is 0 Å². The van der Waals surface area contributed by atoms with E-state index in [0.717, 1.165) is 6.29 Å². The topological polar surface area (TPSA) is 54.5 Å². The van der Waals surface area contributed by atoms with Gasteiger partial charge in [-0.2, -0.15) is 0 Å². The summed E-state index contributed by atoms with van der Waals surface area (Å²) in [5.41, 5.74) is 0. The number of likely N-dealkylation sites (N-methyl/N-ethyl adjacent to an activating group) is 1. The van der Waals surface area contributed by atoms with E-state index in [1.54, 1.807) is 11.9 Å². The summed E-state index contributed by atoms with van der Waals surface area (Å²) in [6, 6.07) is 0.0604. The molecule has 0 bridgehead atoms. The second kappa shape index (κ2) is 2.91. The van der Waals surface area contributed by atoms with Crippen LogP contribution in [0.5, 0.6) is 0 Å². The lowest BCUT2D eigenvalue weighted by molar-refractivity contribution is -0.108. The molecule has 0 amide bonds. The normalized spacial score (nSPS) is 23.1. The molecule has 11 heavy (non-hydrogen) atoms. The second-order valence-electron chi connectivity index (χ2n) is 2.84. The summed E-state index contributed by atoms with van der Waals surface area (Å²) in [5, 5.41) is 0. The molecule has 0 atom stereocenters. The van der Waals surface area contributed by atoms with Crippen molar-refractivity contribution in [2.75, 3.05) is 25.1 Å². The molecule has 0 aromatic heterocycles. The van der Waals surface area contributed by atoms with E-state index in [0.29, 0.717) is 6.54 Å². The fourth-order valence-corrected chi connectivity index (χ4v) is 2.64. The number of nitrogens with zero attached hydrogens (tertiary/aromatic N) is 1. The maximum Gasteiger partial charge on any atom is 0.153 e. The zero-order valence-electron chi connectivity index (χ0n) is 6.36. The summed E-state index contributed by atoms with van der Waals surface area (Å²) in [6.07, 6.45) is 0.783. The molecule has 0 radical (unpaired) electrons. The molecule has 0 unspecified atom stereocenters. The molecule has 0 aromatic carbocycles. The molecule has 4 nitrogen and oxygen atoms in total. The number of aldehydes is 1. The highest BCUT2D eigenvalue weighted by Gasteiger charge is 2.35. The van der Waals surface area contributed by atoms with Gasteiger partial charge in [-0.1, -0.05) is 0 Å². The molecule has 0 N–H and O–H groups in total. The number of hydrogen-bond donors (Lipinski definition) is 0. The minimum absolute atomic E-state index is 0.0604. The van der Waals surface area contributed by atoms with Crippen LogP contribution in [-0.4, -0.2) is 50.7 Å². The first-order chi connectivity index (χ1) is 5.05. The second-order valence-corrected chi connectivity index (χ2v) is 4.99. The third-order valence-corrected chi connectivity index (χ3v) is 3.66. The molecule has 0 aliphatic carbocycles. The fourth-order valence-electron chi connectivity index (χ4n) is 1.06. The average Bonchev–Trinajstić information content (AvgIpc) is 1.83. The van der Waals surface area contributed by atoms with Gasteiger partial charge >= 0.3 is 0 Å². The van der Waals surface area contributed by atoms with Crippen LogP contribution in [0.3, 0.4) is 0 Å². The molecular weight excluding hydrogens is 166 g/mol. The van der Waals surface area contributed by atoms with E-state index in [-0.39, 0.29) is 17.5 Å². The molecule has 1 saturated heterocycles. The van der Waals surface area contributed by atoms with Crippen LogP contribution in [0.4, 0.5) is 0 Å². The van der Waals surface area contributed by atoms with Gasteiger partial charge in [0.1, 0.15) is 6.29 Å². The van der Waals surface area contributed by atoms with Crippen molar-refractivity contribution in [3.63, 3.8) is 0 Å². The standard InChI is InChI=1S/C6H11NO3S/c1-7(2-3-8)6-4-11(9,10)5-6/h3,6H,2,4-5H2,1H3. The van der Waals surface area contributed by atoms with E-state index in [1.807, 2.05) is 0 Å². The molecule has 1 aliphatic rings. The summed E-state index contributed by atoms with van der Waals surface area (Å²) in [7, 11) is -0.994. The highest BCUT2D eigenvalue weighted by atomic mass is 32.2. The lowest BCUT2D eigenvalue weighted by Crippen LogP contribution is -2.52. The monoisotopic (exact) mass is 177 g/mol. The molecule has 0 spiro atoms. The zero-order valence-corrected chi connectivity index (χ0v) is 7.17. The smallest absolute Gasteiger partial charge is 0.153 e. The minimum Gasteiger partial charge on any atom is -0.302 e. The van der Waals surface area contributed by atoms with Crippen molar-refractivity contribution in [2.45, 2.75) is 6.04 Å². The molecule has 1 rings (SSSR count). The number of carbonyl (C=O) groups excluding carboxylic acids is 1. The van der Waals surface area contributed by atoms with Crippen LogP contribution in [0.15, 0.2) is 0 Å². The van der Waals surface area contributed by atoms with Gasteiger partial charge < -0.3 is 4.79 Å². The largest absolute Gasteiger partial charge is 0.302 e. The highest BCUT2D eigenvalue weighted by Crippen LogP contribution is 2.14. The zero-order chi connectivity index (χ0) is 8.48. The number of rotatable bonds is 3. The summed E-state index contributed by atoms with van der Waals surface area (Å²) in [4.78, 5) is 11.8. The minimum atomic E-state index is -2.75. The van der Waals surface area contributed by atoms with Crippen molar-refractivity contribution in [3.05, 3.63) is 0 Å². The molecular formula is C6H11NO3S. The molecule has 1 fully saturated rings. The lowest BCUT2D eigenvalue weighted by atomic mass is 10.3. The quantitative estimate of drug-likeness (QED) is 0.514. The van der Waals surface area contributed by atoms with Crippen LogP contribution in [-0.2, 0) is 14.6 Å². The highest BCUT2D eigenvalue weighted by molar-refractivity contribution is 7.92. The molecule has 0 aromatic rings. The Hall–Kier alpha value is -0.420. The van der Waals surface area contributed by atoms with Gasteiger partial charge in [-0.3, -0.25) is 4.90 Å². The Kier molecular flexibility index (Phi) is 2.29. The van der Waals surface area contributed by atoms with E-state index in [4.69, 9.17) is 0 Å². The Morgan fingerprint density at radius 3 is 2.45 bits per heavy atom. The Labute approximate surface area is 66.1 Å². The first-order valence-electron chi connectivity index (χ1n) is 3.39. The molecule has 1 aliphatic heterocycles. The van der Waals surface area contributed by atoms with Gasteiger partial charge in [-0.25, -0.2) is 8.42 Å². The van der Waals surface area contributed by atoms with Crippen LogP contribution in [0.1, 0.15) is 0 Å². The molecule has 1 heterocycles. The Morgan fingerprint density at radius 2 is 2.09 bits per heavy atom. The van der Waals surface area contributed by atoms with Gasteiger partial charge in [-0.15, -0.1) is 0 Å². The molecule has 0 saturated carbocycles. The first-order valence-corrected chi connectivity index (χ1v) is 5.21. The predicted molar refractivity (Wildman–Crippen MR) is 41.1 cm³/mol. The van der Waals surface area contributed by atoms with Crippen molar-refractivity contribution in [1.29, 1.82) is 0 Å². The van der Waals surface area contributed by atoms with Crippen molar-refractivity contribution in [2.24, 2.45) is 0 Å². The van der Waals surface area contributed by atoms with E-state index in [1.165, 1.54) is 0 Å². The van der Waals surface area contributed by atoms with Gasteiger partial charge in [0.15, 0.2) is 9.84 Å². The number of hydrogen-bond acceptors (Lipinski definition) is 4. The van der Waals surface area contributed by atoms with E-state index in [9.17, 15) is 13.2 Å². The van der Waals surface area contributed by atoms with E-state index >= 15 is 0 Å². The summed E-state index contributed by atoms with van der Waals surface area (Å²) < 4.78 is 21.4. The van der Waals surface area contributed by atoms with Crippen molar-refractivity contribution >= 4 is 16.1 Å². The number of sulfone groups is 1. The molecule has 5 heteroatoms. The lowest BCUT2D eigenvalue weighted by Gasteiger charge is -2.32.